The number of rotatable bonds is 4. The van der Waals surface area contributed by atoms with Crippen molar-refractivity contribution in [2.24, 2.45) is 0 Å². The molecule has 0 aliphatic rings. The smallest absolute Gasteiger partial charge is 0.126 e. The molecule has 0 fully saturated rings. The molecule has 0 heterocycles. The summed E-state index contributed by atoms with van der Waals surface area (Å²) in [6.07, 6.45) is 0.921. The van der Waals surface area contributed by atoms with E-state index in [1.54, 1.807) is 6.07 Å². The van der Waals surface area contributed by atoms with Gasteiger partial charge in [-0.2, -0.15) is 0 Å². The standard InChI is InChI=1S/C14H22FN/c1-10-6-7-13(15)12(8-10)14(3,4)9-11(2)16-5/h6-8,11,16H,9H2,1-5H3. The molecule has 1 unspecified atom stereocenters. The predicted molar refractivity (Wildman–Crippen MR) is 67.3 cm³/mol. The quantitative estimate of drug-likeness (QED) is 0.825. The van der Waals surface area contributed by atoms with Crippen molar-refractivity contribution in [3.05, 3.63) is 35.1 Å². The van der Waals surface area contributed by atoms with Crippen LogP contribution in [0.1, 0.15) is 38.3 Å². The summed E-state index contributed by atoms with van der Waals surface area (Å²) in [7, 11) is 1.94. The molecule has 90 valence electrons. The van der Waals surface area contributed by atoms with E-state index >= 15 is 0 Å². The molecule has 0 radical (unpaired) electrons. The highest BCUT2D eigenvalue weighted by molar-refractivity contribution is 5.30. The number of halogens is 1. The SMILES string of the molecule is CNC(C)CC(C)(C)c1cc(C)ccc1F. The van der Waals surface area contributed by atoms with Crippen LogP contribution in [0.15, 0.2) is 18.2 Å². The molecule has 0 amide bonds. The Morgan fingerprint density at radius 3 is 2.56 bits per heavy atom. The summed E-state index contributed by atoms with van der Waals surface area (Å²) in [4.78, 5) is 0. The number of hydrogen-bond donors (Lipinski definition) is 1. The minimum Gasteiger partial charge on any atom is -0.317 e. The molecule has 0 aliphatic carbocycles. The highest BCUT2D eigenvalue weighted by Gasteiger charge is 2.25. The van der Waals surface area contributed by atoms with Crippen molar-refractivity contribution in [1.82, 2.24) is 5.32 Å². The van der Waals surface area contributed by atoms with Gasteiger partial charge in [0, 0.05) is 6.04 Å². The summed E-state index contributed by atoms with van der Waals surface area (Å²) in [6, 6.07) is 5.72. The van der Waals surface area contributed by atoms with E-state index in [-0.39, 0.29) is 11.2 Å². The van der Waals surface area contributed by atoms with E-state index in [0.29, 0.717) is 6.04 Å². The maximum atomic E-state index is 13.8. The van der Waals surface area contributed by atoms with Crippen molar-refractivity contribution in [3.8, 4) is 0 Å². The first kappa shape index (κ1) is 13.2. The van der Waals surface area contributed by atoms with Crippen LogP contribution in [0.5, 0.6) is 0 Å². The largest absolute Gasteiger partial charge is 0.317 e. The summed E-state index contributed by atoms with van der Waals surface area (Å²) in [5, 5.41) is 3.20. The summed E-state index contributed by atoms with van der Waals surface area (Å²) in [5.74, 6) is -0.0982. The molecular weight excluding hydrogens is 201 g/mol. The Bertz CT molecular complexity index is 358. The van der Waals surface area contributed by atoms with E-state index in [1.807, 2.05) is 26.1 Å². The second-order valence-electron chi connectivity index (χ2n) is 5.26. The molecule has 1 nitrogen and oxygen atoms in total. The van der Waals surface area contributed by atoms with Crippen molar-refractivity contribution in [2.45, 2.75) is 45.6 Å². The number of nitrogens with one attached hydrogen (secondary N) is 1. The lowest BCUT2D eigenvalue weighted by Crippen LogP contribution is -2.31. The number of aryl methyl sites for hydroxylation is 1. The van der Waals surface area contributed by atoms with E-state index in [1.165, 1.54) is 0 Å². The van der Waals surface area contributed by atoms with E-state index in [2.05, 4.69) is 26.1 Å². The topological polar surface area (TPSA) is 12.0 Å². The fourth-order valence-corrected chi connectivity index (χ4v) is 2.14. The zero-order chi connectivity index (χ0) is 12.3. The molecule has 16 heavy (non-hydrogen) atoms. The molecule has 1 aromatic carbocycles. The van der Waals surface area contributed by atoms with Gasteiger partial charge in [0.2, 0.25) is 0 Å². The van der Waals surface area contributed by atoms with E-state index in [0.717, 1.165) is 17.5 Å². The van der Waals surface area contributed by atoms with Crippen LogP contribution >= 0.6 is 0 Å². The normalized spacial score (nSPS) is 13.9. The Balaban J connectivity index is 3.01. The molecule has 0 saturated carbocycles. The van der Waals surface area contributed by atoms with Gasteiger partial charge in [-0.1, -0.05) is 31.5 Å². The molecule has 0 bridgehead atoms. The molecule has 0 aromatic heterocycles. The van der Waals surface area contributed by atoms with Gasteiger partial charge >= 0.3 is 0 Å². The fourth-order valence-electron chi connectivity index (χ4n) is 2.14. The van der Waals surface area contributed by atoms with Crippen LogP contribution in [-0.2, 0) is 5.41 Å². The molecule has 1 atom stereocenters. The lowest BCUT2D eigenvalue weighted by molar-refractivity contribution is 0.390. The van der Waals surface area contributed by atoms with E-state index in [4.69, 9.17) is 0 Å². The molecule has 0 spiro atoms. The molecule has 2 heteroatoms. The second-order valence-corrected chi connectivity index (χ2v) is 5.26. The van der Waals surface area contributed by atoms with Crippen LogP contribution in [0.4, 0.5) is 4.39 Å². The summed E-state index contributed by atoms with van der Waals surface area (Å²) in [5.41, 5.74) is 1.79. The molecule has 1 aromatic rings. The van der Waals surface area contributed by atoms with Gasteiger partial charge in [-0.25, -0.2) is 4.39 Å². The zero-order valence-electron chi connectivity index (χ0n) is 10.9. The summed E-state index contributed by atoms with van der Waals surface area (Å²) < 4.78 is 13.8. The molecule has 1 N–H and O–H groups in total. The average Bonchev–Trinajstić information content (AvgIpc) is 2.20. The van der Waals surface area contributed by atoms with Gasteiger partial charge in [0.25, 0.3) is 0 Å². The number of hydrogen-bond acceptors (Lipinski definition) is 1. The highest BCUT2D eigenvalue weighted by Crippen LogP contribution is 2.31. The lowest BCUT2D eigenvalue weighted by Gasteiger charge is -2.29. The summed E-state index contributed by atoms with van der Waals surface area (Å²) >= 11 is 0. The van der Waals surface area contributed by atoms with Gasteiger partial charge in [-0.15, -0.1) is 0 Å². The second kappa shape index (κ2) is 4.96. The number of benzene rings is 1. The highest BCUT2D eigenvalue weighted by atomic mass is 19.1. The Morgan fingerprint density at radius 2 is 2.00 bits per heavy atom. The zero-order valence-corrected chi connectivity index (χ0v) is 10.9. The average molecular weight is 223 g/mol. The molecule has 1 rings (SSSR count). The Morgan fingerprint density at radius 1 is 1.38 bits per heavy atom. The first-order valence-electron chi connectivity index (χ1n) is 5.80. The predicted octanol–water partition coefficient (Wildman–Crippen LogP) is 3.41. The Kier molecular flexibility index (Phi) is 4.09. The maximum absolute atomic E-state index is 13.8. The minimum absolute atomic E-state index is 0.0982. The van der Waals surface area contributed by atoms with Gasteiger partial charge in [-0.05, 0) is 44.4 Å². The van der Waals surface area contributed by atoms with Gasteiger partial charge in [0.1, 0.15) is 5.82 Å². The van der Waals surface area contributed by atoms with Crippen molar-refractivity contribution in [1.29, 1.82) is 0 Å². The summed E-state index contributed by atoms with van der Waals surface area (Å²) in [6.45, 7) is 8.31. The third-order valence-electron chi connectivity index (χ3n) is 3.16. The van der Waals surface area contributed by atoms with Crippen LogP contribution < -0.4 is 5.32 Å². The van der Waals surface area contributed by atoms with Crippen molar-refractivity contribution in [2.75, 3.05) is 7.05 Å². The monoisotopic (exact) mass is 223 g/mol. The molecular formula is C14H22FN. The first-order chi connectivity index (χ1) is 7.36. The third-order valence-corrected chi connectivity index (χ3v) is 3.16. The van der Waals surface area contributed by atoms with Gasteiger partial charge < -0.3 is 5.32 Å². The lowest BCUT2D eigenvalue weighted by atomic mass is 9.78. The Hall–Kier alpha value is -0.890. The van der Waals surface area contributed by atoms with Crippen LogP contribution in [-0.4, -0.2) is 13.1 Å². The van der Waals surface area contributed by atoms with Gasteiger partial charge in [0.05, 0.1) is 0 Å². The van der Waals surface area contributed by atoms with Crippen LogP contribution in [0.3, 0.4) is 0 Å². The van der Waals surface area contributed by atoms with E-state index < -0.39 is 0 Å². The third kappa shape index (κ3) is 3.05. The van der Waals surface area contributed by atoms with Crippen molar-refractivity contribution >= 4 is 0 Å². The van der Waals surface area contributed by atoms with Crippen LogP contribution in [0, 0.1) is 12.7 Å². The maximum Gasteiger partial charge on any atom is 0.126 e. The van der Waals surface area contributed by atoms with Crippen LogP contribution in [0.2, 0.25) is 0 Å². The van der Waals surface area contributed by atoms with E-state index in [9.17, 15) is 4.39 Å². The molecule has 0 saturated heterocycles. The minimum atomic E-state index is -0.140. The first-order valence-corrected chi connectivity index (χ1v) is 5.80. The Labute approximate surface area is 98.1 Å². The van der Waals surface area contributed by atoms with Crippen molar-refractivity contribution < 1.29 is 4.39 Å². The van der Waals surface area contributed by atoms with Gasteiger partial charge in [-0.3, -0.25) is 0 Å². The van der Waals surface area contributed by atoms with Crippen molar-refractivity contribution in [3.63, 3.8) is 0 Å². The molecule has 0 aliphatic heterocycles. The fraction of sp³-hybridized carbons (Fsp3) is 0.571. The van der Waals surface area contributed by atoms with Gasteiger partial charge in [0.15, 0.2) is 0 Å². The van der Waals surface area contributed by atoms with Crippen LogP contribution in [0.25, 0.3) is 0 Å².